The van der Waals surface area contributed by atoms with Crippen LogP contribution in [0.4, 0.5) is 10.5 Å². The molecule has 0 saturated carbocycles. The molecule has 5 heteroatoms. The zero-order valence-electron chi connectivity index (χ0n) is 9.38. The van der Waals surface area contributed by atoms with Gasteiger partial charge in [0.25, 0.3) is 0 Å². The van der Waals surface area contributed by atoms with Gasteiger partial charge < -0.3 is 4.90 Å². The third-order valence-corrected chi connectivity index (χ3v) is 2.66. The minimum Gasteiger partial charge on any atom is -0.327 e. The highest BCUT2D eigenvalue weighted by atomic mass is 16.2. The lowest BCUT2D eigenvalue weighted by Crippen LogP contribution is -2.50. The number of nitriles is 1. The van der Waals surface area contributed by atoms with Crippen molar-refractivity contribution in [3.63, 3.8) is 0 Å². The fourth-order valence-corrected chi connectivity index (χ4v) is 1.72. The Kier molecular flexibility index (Phi) is 2.79. The number of urea groups is 1. The van der Waals surface area contributed by atoms with Crippen LogP contribution in [0.3, 0.4) is 0 Å². The van der Waals surface area contributed by atoms with E-state index in [0.29, 0.717) is 24.2 Å². The van der Waals surface area contributed by atoms with Crippen molar-refractivity contribution in [1.29, 1.82) is 5.26 Å². The quantitative estimate of drug-likeness (QED) is 0.730. The van der Waals surface area contributed by atoms with Gasteiger partial charge in [0, 0.05) is 20.0 Å². The Labute approximate surface area is 98.9 Å². The molecule has 2 rings (SSSR count). The Hall–Kier alpha value is -2.35. The van der Waals surface area contributed by atoms with Crippen LogP contribution in [-0.2, 0) is 4.79 Å². The summed E-state index contributed by atoms with van der Waals surface area (Å²) in [5.74, 6) is -0.233. The normalized spacial score (nSPS) is 16.0. The second-order valence-electron chi connectivity index (χ2n) is 3.85. The molecule has 17 heavy (non-hydrogen) atoms. The molecular weight excluding hydrogens is 218 g/mol. The Balaban J connectivity index is 2.40. The van der Waals surface area contributed by atoms with Crippen LogP contribution in [0.2, 0.25) is 0 Å². The number of carbonyl (C=O) groups excluding carboxylic acids is 2. The maximum atomic E-state index is 11.9. The number of nitrogens with zero attached hydrogens (tertiary/aromatic N) is 3. The van der Waals surface area contributed by atoms with Crippen LogP contribution in [-0.4, -0.2) is 30.4 Å². The summed E-state index contributed by atoms with van der Waals surface area (Å²) in [7, 11) is 1.65. The van der Waals surface area contributed by atoms with Crippen molar-refractivity contribution in [3.8, 4) is 6.07 Å². The molecule has 86 valence electrons. The Morgan fingerprint density at radius 1 is 1.35 bits per heavy atom. The van der Waals surface area contributed by atoms with Crippen LogP contribution >= 0.6 is 0 Å². The molecule has 0 bridgehead atoms. The van der Waals surface area contributed by atoms with Gasteiger partial charge in [-0.3, -0.25) is 4.79 Å². The fourth-order valence-electron chi connectivity index (χ4n) is 1.72. The van der Waals surface area contributed by atoms with Gasteiger partial charge in [-0.05, 0) is 18.2 Å². The maximum Gasteiger partial charge on any atom is 0.331 e. The first-order valence-corrected chi connectivity index (χ1v) is 5.21. The molecule has 3 amide bonds. The van der Waals surface area contributed by atoms with Gasteiger partial charge in [0.1, 0.15) is 0 Å². The summed E-state index contributed by atoms with van der Waals surface area (Å²) < 4.78 is 0. The van der Waals surface area contributed by atoms with Gasteiger partial charge in [0.05, 0.1) is 17.3 Å². The zero-order chi connectivity index (χ0) is 12.4. The number of anilines is 1. The van der Waals surface area contributed by atoms with Gasteiger partial charge in [-0.1, -0.05) is 6.07 Å². The van der Waals surface area contributed by atoms with Crippen molar-refractivity contribution in [1.82, 2.24) is 4.90 Å². The number of rotatable bonds is 1. The second-order valence-corrected chi connectivity index (χ2v) is 3.85. The first-order valence-electron chi connectivity index (χ1n) is 5.21. The van der Waals surface area contributed by atoms with E-state index in [2.05, 4.69) is 0 Å². The molecule has 0 atom stereocenters. The first-order chi connectivity index (χ1) is 8.13. The van der Waals surface area contributed by atoms with Crippen LogP contribution in [0.25, 0.3) is 0 Å². The van der Waals surface area contributed by atoms with Crippen LogP contribution in [0.5, 0.6) is 0 Å². The highest BCUT2D eigenvalue weighted by Gasteiger charge is 2.31. The molecule has 0 aromatic heterocycles. The molecule has 1 aliphatic rings. The van der Waals surface area contributed by atoms with E-state index in [9.17, 15) is 9.59 Å². The smallest absolute Gasteiger partial charge is 0.327 e. The molecule has 1 aromatic carbocycles. The van der Waals surface area contributed by atoms with Gasteiger partial charge in [0.15, 0.2) is 0 Å². The summed E-state index contributed by atoms with van der Waals surface area (Å²) in [6.07, 6.45) is 0.305. The second kappa shape index (κ2) is 4.26. The summed E-state index contributed by atoms with van der Waals surface area (Å²) in [6.45, 7) is 0.437. The van der Waals surface area contributed by atoms with E-state index in [-0.39, 0.29) is 11.9 Å². The van der Waals surface area contributed by atoms with Crippen molar-refractivity contribution in [2.45, 2.75) is 6.42 Å². The summed E-state index contributed by atoms with van der Waals surface area (Å²) in [4.78, 5) is 26.2. The van der Waals surface area contributed by atoms with E-state index in [1.807, 2.05) is 6.07 Å². The molecule has 1 saturated heterocycles. The standard InChI is InChI=1S/C12H11N3O2/c1-14-6-5-11(16)15(12(14)17)10-4-2-3-9(7-10)8-13/h2-4,7H,5-6H2,1H3. The molecule has 0 radical (unpaired) electrons. The highest BCUT2D eigenvalue weighted by molar-refractivity contribution is 6.15. The summed E-state index contributed by atoms with van der Waals surface area (Å²) in [5.41, 5.74) is 0.877. The molecule has 0 unspecified atom stereocenters. The van der Waals surface area contributed by atoms with Gasteiger partial charge in [-0.25, -0.2) is 9.69 Å². The monoisotopic (exact) mass is 229 g/mol. The maximum absolute atomic E-state index is 11.9. The van der Waals surface area contributed by atoms with Gasteiger partial charge >= 0.3 is 6.03 Å². The summed E-state index contributed by atoms with van der Waals surface area (Å²) in [5, 5.41) is 8.80. The van der Waals surface area contributed by atoms with Gasteiger partial charge in [-0.15, -0.1) is 0 Å². The molecule has 1 aliphatic heterocycles. The van der Waals surface area contributed by atoms with Crippen molar-refractivity contribution in [2.24, 2.45) is 0 Å². The largest absolute Gasteiger partial charge is 0.331 e. The minimum atomic E-state index is -0.351. The third kappa shape index (κ3) is 1.97. The SMILES string of the molecule is CN1CCC(=O)N(c2cccc(C#N)c2)C1=O. The molecule has 1 aromatic rings. The van der Waals surface area contributed by atoms with Crippen molar-refractivity contribution < 1.29 is 9.59 Å². The van der Waals surface area contributed by atoms with Crippen molar-refractivity contribution in [2.75, 3.05) is 18.5 Å². The third-order valence-electron chi connectivity index (χ3n) is 2.66. The fraction of sp³-hybridized carbons (Fsp3) is 0.250. The average Bonchev–Trinajstić information content (AvgIpc) is 2.35. The Morgan fingerprint density at radius 2 is 2.12 bits per heavy atom. The number of hydrogen-bond acceptors (Lipinski definition) is 3. The van der Waals surface area contributed by atoms with E-state index in [4.69, 9.17) is 5.26 Å². The van der Waals surface area contributed by atoms with Crippen LogP contribution in [0.15, 0.2) is 24.3 Å². The molecule has 0 N–H and O–H groups in total. The first kappa shape index (κ1) is 11.1. The van der Waals surface area contributed by atoms with E-state index in [1.54, 1.807) is 25.2 Å². The average molecular weight is 229 g/mol. The van der Waals surface area contributed by atoms with Crippen LogP contribution < -0.4 is 4.90 Å². The minimum absolute atomic E-state index is 0.233. The summed E-state index contributed by atoms with van der Waals surface area (Å²) >= 11 is 0. The van der Waals surface area contributed by atoms with Crippen LogP contribution in [0, 0.1) is 11.3 Å². The Bertz CT molecular complexity index is 519. The van der Waals surface area contributed by atoms with Crippen LogP contribution in [0.1, 0.15) is 12.0 Å². The highest BCUT2D eigenvalue weighted by Crippen LogP contribution is 2.21. The van der Waals surface area contributed by atoms with E-state index < -0.39 is 0 Å². The van der Waals surface area contributed by atoms with Gasteiger partial charge in [0.2, 0.25) is 5.91 Å². The molecule has 5 nitrogen and oxygen atoms in total. The van der Waals surface area contributed by atoms with E-state index >= 15 is 0 Å². The topological polar surface area (TPSA) is 64.4 Å². The lowest BCUT2D eigenvalue weighted by Gasteiger charge is -2.31. The number of benzene rings is 1. The molecule has 0 spiro atoms. The number of amides is 3. The van der Waals surface area contributed by atoms with Crippen molar-refractivity contribution in [3.05, 3.63) is 29.8 Å². The van der Waals surface area contributed by atoms with E-state index in [1.165, 1.54) is 11.0 Å². The van der Waals surface area contributed by atoms with Crippen molar-refractivity contribution >= 4 is 17.6 Å². The zero-order valence-corrected chi connectivity index (χ0v) is 9.38. The molecule has 1 fully saturated rings. The number of carbonyl (C=O) groups is 2. The predicted octanol–water partition coefficient (Wildman–Crippen LogP) is 1.35. The number of hydrogen-bond donors (Lipinski definition) is 0. The Morgan fingerprint density at radius 3 is 2.82 bits per heavy atom. The predicted molar refractivity (Wildman–Crippen MR) is 61.3 cm³/mol. The lowest BCUT2D eigenvalue weighted by atomic mass is 10.2. The lowest BCUT2D eigenvalue weighted by molar-refractivity contribution is -0.119. The molecular formula is C12H11N3O2. The molecule has 0 aliphatic carbocycles. The summed E-state index contributed by atoms with van der Waals surface area (Å²) in [6, 6.07) is 8.11. The molecule has 1 heterocycles. The number of imide groups is 1. The van der Waals surface area contributed by atoms with Gasteiger partial charge in [-0.2, -0.15) is 5.26 Å². The van der Waals surface area contributed by atoms with E-state index in [0.717, 1.165) is 4.90 Å².